The zero-order chi connectivity index (χ0) is 45.2. The van der Waals surface area contributed by atoms with Gasteiger partial charge in [-0.25, -0.2) is 0 Å². The predicted octanol–water partition coefficient (Wildman–Crippen LogP) is 5.84. The van der Waals surface area contributed by atoms with Crippen LogP contribution < -0.4 is 15.5 Å². The first-order valence-corrected chi connectivity index (χ1v) is 21.3. The van der Waals surface area contributed by atoms with Crippen molar-refractivity contribution in [2.24, 2.45) is 11.8 Å². The van der Waals surface area contributed by atoms with E-state index in [1.807, 2.05) is 77.7 Å². The molecular weight excluding hydrogens is 829 g/mol. The molecule has 14 nitrogen and oxygen atoms in total. The largest absolute Gasteiger partial charge is 0.508 e. The highest BCUT2D eigenvalue weighted by atomic mass is 16.6. The fourth-order valence-electron chi connectivity index (χ4n) is 9.93. The Morgan fingerprint density at radius 3 is 2.11 bits per heavy atom. The summed E-state index contributed by atoms with van der Waals surface area (Å²) in [5.74, 6) is -0.185. The number of carbonyl (C=O) groups excluding carboxylic acids is 5. The minimum atomic E-state index is -1.83. The van der Waals surface area contributed by atoms with Gasteiger partial charge in [-0.15, -0.1) is 0 Å². The Kier molecular flexibility index (Phi) is 11.8. The second-order valence-electron chi connectivity index (χ2n) is 16.3. The number of methoxy groups -OCH3 is 2. The van der Waals surface area contributed by atoms with Crippen LogP contribution in [0.3, 0.4) is 0 Å². The van der Waals surface area contributed by atoms with Crippen molar-refractivity contribution in [3.8, 4) is 17.6 Å². The fraction of sp³-hybridized carbons (Fsp3) is 0.275. The first-order chi connectivity index (χ1) is 31.6. The highest BCUT2D eigenvalue weighted by molar-refractivity contribution is 6.13. The number of fused-ring (bicyclic) bond motifs is 3. The summed E-state index contributed by atoms with van der Waals surface area (Å²) < 4.78 is 21.7. The number of amides is 2. The molecule has 3 N–H and O–H groups in total. The Bertz CT molecular complexity index is 2660. The number of ether oxygens (including phenoxy) is 4. The molecule has 0 unspecified atom stereocenters. The SMILES string of the molecule is COC(=O)C(CC#Cc1ccc2c(c1)[C@]1(C(=O)N2)[C@H](C(=O)Nc2ccc(N3CCOCC3)cc2)[C@H]2C(=O)O[C@H](c3ccccc3)[C@H](c3ccccc3)N2[C@@H]1c1ccc(O)cc1)C(=O)OC. The number of rotatable bonds is 9. The number of nitrogens with one attached hydrogen (secondary N) is 2. The minimum absolute atomic E-state index is 0.0157. The number of aromatic hydroxyl groups is 1. The summed E-state index contributed by atoms with van der Waals surface area (Å²) in [6.07, 6.45) is -1.08. The summed E-state index contributed by atoms with van der Waals surface area (Å²) in [7, 11) is 2.34. The monoisotopic (exact) mass is 874 g/mol. The Morgan fingerprint density at radius 1 is 0.815 bits per heavy atom. The van der Waals surface area contributed by atoms with Crippen LogP contribution in [-0.4, -0.2) is 86.3 Å². The molecule has 330 valence electrons. The van der Waals surface area contributed by atoms with E-state index in [1.54, 1.807) is 42.5 Å². The zero-order valence-electron chi connectivity index (χ0n) is 35.6. The van der Waals surface area contributed by atoms with Crippen LogP contribution in [-0.2, 0) is 48.3 Å². The molecule has 2 amide bonds. The van der Waals surface area contributed by atoms with E-state index >= 15 is 14.4 Å². The second kappa shape index (κ2) is 18.0. The van der Waals surface area contributed by atoms with E-state index in [2.05, 4.69) is 27.4 Å². The van der Waals surface area contributed by atoms with Gasteiger partial charge >= 0.3 is 17.9 Å². The van der Waals surface area contributed by atoms with Crippen molar-refractivity contribution in [3.05, 3.63) is 155 Å². The number of hydrogen-bond donors (Lipinski definition) is 3. The van der Waals surface area contributed by atoms with Gasteiger partial charge in [-0.3, -0.25) is 28.9 Å². The molecule has 0 saturated carbocycles. The molecule has 5 aromatic carbocycles. The van der Waals surface area contributed by atoms with Crippen LogP contribution in [0.1, 0.15) is 52.4 Å². The van der Waals surface area contributed by atoms with E-state index in [0.717, 1.165) is 24.3 Å². The fourth-order valence-corrected chi connectivity index (χ4v) is 9.93. The molecular formula is C51H46N4O10. The molecule has 0 bridgehead atoms. The lowest BCUT2D eigenvalue weighted by Crippen LogP contribution is -2.53. The summed E-state index contributed by atoms with van der Waals surface area (Å²) in [5, 5.41) is 16.8. The maximum Gasteiger partial charge on any atom is 0.324 e. The van der Waals surface area contributed by atoms with Gasteiger partial charge < -0.3 is 39.6 Å². The molecule has 1 spiro atoms. The topological polar surface area (TPSA) is 173 Å². The number of cyclic esters (lactones) is 1. The van der Waals surface area contributed by atoms with E-state index in [9.17, 15) is 14.7 Å². The van der Waals surface area contributed by atoms with Gasteiger partial charge in [-0.1, -0.05) is 84.6 Å². The Morgan fingerprint density at radius 2 is 1.46 bits per heavy atom. The molecule has 65 heavy (non-hydrogen) atoms. The van der Waals surface area contributed by atoms with Crippen LogP contribution in [0.5, 0.6) is 5.75 Å². The smallest absolute Gasteiger partial charge is 0.324 e. The van der Waals surface area contributed by atoms with E-state index in [4.69, 9.17) is 18.9 Å². The molecule has 0 radical (unpaired) electrons. The molecule has 3 fully saturated rings. The Balaban J connectivity index is 1.24. The van der Waals surface area contributed by atoms with Crippen molar-refractivity contribution in [2.75, 3.05) is 56.1 Å². The number of esters is 3. The highest BCUT2D eigenvalue weighted by Crippen LogP contribution is 2.65. The van der Waals surface area contributed by atoms with Crippen molar-refractivity contribution in [2.45, 2.75) is 36.1 Å². The lowest BCUT2D eigenvalue weighted by Gasteiger charge is -2.46. The van der Waals surface area contributed by atoms with Crippen molar-refractivity contribution in [1.29, 1.82) is 0 Å². The third kappa shape index (κ3) is 7.72. The maximum absolute atomic E-state index is 15.6. The number of anilines is 3. The predicted molar refractivity (Wildman–Crippen MR) is 238 cm³/mol. The minimum Gasteiger partial charge on any atom is -0.508 e. The van der Waals surface area contributed by atoms with Gasteiger partial charge in [-0.05, 0) is 76.9 Å². The van der Waals surface area contributed by atoms with Crippen LogP contribution in [0.2, 0.25) is 0 Å². The van der Waals surface area contributed by atoms with Crippen molar-refractivity contribution < 1.29 is 48.0 Å². The van der Waals surface area contributed by atoms with Gasteiger partial charge in [0.1, 0.15) is 23.3 Å². The van der Waals surface area contributed by atoms with Crippen LogP contribution in [0, 0.1) is 23.7 Å². The van der Waals surface area contributed by atoms with E-state index in [-0.39, 0.29) is 12.2 Å². The number of hydrogen-bond acceptors (Lipinski definition) is 12. The molecule has 9 rings (SSSR count). The molecule has 4 heterocycles. The van der Waals surface area contributed by atoms with Gasteiger partial charge in [0.15, 0.2) is 5.92 Å². The average Bonchev–Trinajstić information content (AvgIpc) is 3.82. The molecule has 0 aliphatic carbocycles. The van der Waals surface area contributed by atoms with Crippen LogP contribution in [0.25, 0.3) is 0 Å². The lowest BCUT2D eigenvalue weighted by molar-refractivity contribution is -0.178. The molecule has 5 aromatic rings. The van der Waals surface area contributed by atoms with Crippen LogP contribution >= 0.6 is 0 Å². The van der Waals surface area contributed by atoms with Crippen molar-refractivity contribution in [1.82, 2.24) is 4.90 Å². The van der Waals surface area contributed by atoms with Gasteiger partial charge in [-0.2, -0.15) is 0 Å². The second-order valence-corrected chi connectivity index (χ2v) is 16.3. The summed E-state index contributed by atoms with van der Waals surface area (Å²) in [5.41, 5.74) is 2.84. The lowest BCUT2D eigenvalue weighted by atomic mass is 9.65. The molecule has 3 saturated heterocycles. The molecule has 4 aliphatic heterocycles. The summed E-state index contributed by atoms with van der Waals surface area (Å²) in [6.45, 7) is 2.65. The van der Waals surface area contributed by atoms with Gasteiger partial charge in [0.25, 0.3) is 0 Å². The van der Waals surface area contributed by atoms with E-state index < -0.39 is 71.2 Å². The van der Waals surface area contributed by atoms with Gasteiger partial charge in [0.2, 0.25) is 11.8 Å². The number of benzene rings is 5. The van der Waals surface area contributed by atoms with E-state index in [0.29, 0.717) is 46.8 Å². The molecule has 6 atom stereocenters. The first kappa shape index (κ1) is 42.8. The number of nitrogens with zero attached hydrogens (tertiary/aromatic N) is 2. The van der Waals surface area contributed by atoms with Gasteiger partial charge in [0, 0.05) is 42.1 Å². The molecule has 0 aromatic heterocycles. The number of carbonyl (C=O) groups is 5. The third-order valence-corrected chi connectivity index (χ3v) is 12.8. The van der Waals surface area contributed by atoms with E-state index in [1.165, 1.54) is 26.4 Å². The Hall–Kier alpha value is -7.47. The number of morpholine rings is 2. The first-order valence-electron chi connectivity index (χ1n) is 21.3. The zero-order valence-corrected chi connectivity index (χ0v) is 35.6. The molecule has 14 heteroatoms. The summed E-state index contributed by atoms with van der Waals surface area (Å²) in [4.78, 5) is 75.3. The van der Waals surface area contributed by atoms with Gasteiger partial charge in [0.05, 0.1) is 45.4 Å². The third-order valence-electron chi connectivity index (χ3n) is 12.8. The average molecular weight is 875 g/mol. The van der Waals surface area contributed by atoms with Crippen molar-refractivity contribution >= 4 is 46.8 Å². The highest BCUT2D eigenvalue weighted by Gasteiger charge is 2.74. The van der Waals surface area contributed by atoms with Crippen molar-refractivity contribution in [3.63, 3.8) is 0 Å². The standard InChI is InChI=1S/C51H46N4O10/c1-62-47(58)38(48(59)63-2)15-9-10-31-16-25-40-39(30-31)51(50(61)53-40)41(46(57)52-35-19-21-36(22-20-35)54-26-28-64-29-27-54)43-49(60)65-44(33-13-7-4-8-14-33)42(32-11-5-3-6-12-32)55(43)45(51)34-17-23-37(56)24-18-34/h3-8,11-14,16-25,30,38,41-45,56H,15,26-29H2,1-2H3,(H,52,57)(H,53,61)/t41-,42-,43-,44+,45+,51-/m0/s1. The summed E-state index contributed by atoms with van der Waals surface area (Å²) >= 11 is 0. The quantitative estimate of drug-likeness (QED) is 0.0700. The number of phenolic OH excluding ortho intramolecular Hbond substituents is 1. The summed E-state index contributed by atoms with van der Waals surface area (Å²) in [6, 6.07) is 34.8. The Labute approximate surface area is 375 Å². The van der Waals surface area contributed by atoms with Crippen LogP contribution in [0.4, 0.5) is 17.1 Å². The maximum atomic E-state index is 15.6. The normalized spacial score (nSPS) is 23.4. The number of phenols is 1. The van der Waals surface area contributed by atoms with Crippen LogP contribution in [0.15, 0.2) is 127 Å². The molecule has 4 aliphatic rings.